The number of carbonyl (C=O) groups excluding carboxylic acids is 1. The number of aryl methyl sites for hydroxylation is 4. The molecular weight excluding hydrogens is 376 g/mol. The van der Waals surface area contributed by atoms with Gasteiger partial charge in [0.05, 0.1) is 11.6 Å². The first kappa shape index (κ1) is 20.1. The fourth-order valence-electron chi connectivity index (χ4n) is 3.99. The van der Waals surface area contributed by atoms with E-state index in [4.69, 9.17) is 0 Å². The first-order valence-corrected chi connectivity index (χ1v) is 10.4. The van der Waals surface area contributed by atoms with Gasteiger partial charge in [0.1, 0.15) is 12.1 Å². The van der Waals surface area contributed by atoms with Crippen LogP contribution in [0, 0.1) is 33.6 Å². The number of hydrogen-bond acceptors (Lipinski definition) is 5. The van der Waals surface area contributed by atoms with Crippen LogP contribution in [-0.2, 0) is 4.79 Å². The minimum absolute atomic E-state index is 0.0706. The van der Waals surface area contributed by atoms with Crippen LogP contribution >= 0.6 is 0 Å². The molecule has 1 aliphatic rings. The lowest BCUT2D eigenvalue weighted by atomic mass is 9.96. The molecule has 1 saturated heterocycles. The molecule has 1 aromatic carbocycles. The van der Waals surface area contributed by atoms with Crippen LogP contribution in [-0.4, -0.2) is 38.7 Å². The third kappa shape index (κ3) is 4.20. The van der Waals surface area contributed by atoms with Crippen molar-refractivity contribution in [2.45, 2.75) is 40.5 Å². The summed E-state index contributed by atoms with van der Waals surface area (Å²) in [6.45, 7) is 9.55. The third-order valence-electron chi connectivity index (χ3n) is 5.63. The van der Waals surface area contributed by atoms with Crippen LogP contribution in [0.5, 0.6) is 0 Å². The number of nitrogens with one attached hydrogen (secondary N) is 1. The Kier molecular flexibility index (Phi) is 5.53. The van der Waals surface area contributed by atoms with Gasteiger partial charge in [0, 0.05) is 30.5 Å². The molecule has 1 N–H and O–H groups in total. The molecule has 0 spiro atoms. The summed E-state index contributed by atoms with van der Waals surface area (Å²) in [6.07, 6.45) is 3.40. The van der Waals surface area contributed by atoms with Crippen LogP contribution in [0.15, 0.2) is 36.7 Å². The second-order valence-corrected chi connectivity index (χ2v) is 8.17. The van der Waals surface area contributed by atoms with Gasteiger partial charge >= 0.3 is 0 Å². The third-order valence-corrected chi connectivity index (χ3v) is 5.63. The molecule has 1 amide bonds. The first-order valence-electron chi connectivity index (χ1n) is 10.4. The lowest BCUT2D eigenvalue weighted by molar-refractivity contribution is -0.120. The molecule has 0 saturated carbocycles. The Morgan fingerprint density at radius 2 is 1.87 bits per heavy atom. The van der Waals surface area contributed by atoms with Crippen molar-refractivity contribution in [3.05, 3.63) is 59.2 Å². The molecule has 2 aromatic heterocycles. The minimum Gasteiger partial charge on any atom is -0.356 e. The molecule has 7 nitrogen and oxygen atoms in total. The van der Waals surface area contributed by atoms with E-state index >= 15 is 0 Å². The number of nitrogens with zero attached hydrogens (tertiary/aromatic N) is 5. The van der Waals surface area contributed by atoms with Crippen LogP contribution in [0.25, 0.3) is 5.82 Å². The largest absolute Gasteiger partial charge is 0.356 e. The van der Waals surface area contributed by atoms with E-state index in [0.717, 1.165) is 59.2 Å². The van der Waals surface area contributed by atoms with Crippen molar-refractivity contribution in [3.8, 4) is 5.82 Å². The molecule has 7 heteroatoms. The van der Waals surface area contributed by atoms with E-state index in [1.54, 1.807) is 6.33 Å². The number of aromatic nitrogens is 4. The van der Waals surface area contributed by atoms with Gasteiger partial charge in [0.2, 0.25) is 5.91 Å². The molecule has 156 valence electrons. The second kappa shape index (κ2) is 8.26. The fourth-order valence-corrected chi connectivity index (χ4v) is 3.99. The lowest BCUT2D eigenvalue weighted by Gasteiger charge is -2.33. The molecule has 1 aliphatic heterocycles. The van der Waals surface area contributed by atoms with Crippen molar-refractivity contribution in [1.29, 1.82) is 0 Å². The lowest BCUT2D eigenvalue weighted by Crippen LogP contribution is -2.41. The Hall–Kier alpha value is -3.22. The Bertz CT molecular complexity index is 1070. The van der Waals surface area contributed by atoms with Gasteiger partial charge in [-0.3, -0.25) is 4.79 Å². The highest BCUT2D eigenvalue weighted by molar-refractivity contribution is 5.93. The van der Waals surface area contributed by atoms with E-state index in [2.05, 4.69) is 31.3 Å². The van der Waals surface area contributed by atoms with Crippen LogP contribution in [0.4, 0.5) is 11.5 Å². The summed E-state index contributed by atoms with van der Waals surface area (Å²) in [5.74, 6) is 1.57. The average Bonchev–Trinajstić information content (AvgIpc) is 3.09. The molecular formula is C23H28N6O. The van der Waals surface area contributed by atoms with Crippen LogP contribution < -0.4 is 10.2 Å². The van der Waals surface area contributed by atoms with Crippen molar-refractivity contribution in [3.63, 3.8) is 0 Å². The smallest absolute Gasteiger partial charge is 0.229 e. The zero-order chi connectivity index (χ0) is 21.3. The van der Waals surface area contributed by atoms with Gasteiger partial charge in [-0.2, -0.15) is 5.10 Å². The van der Waals surface area contributed by atoms with Gasteiger partial charge in [-0.1, -0.05) is 12.1 Å². The topological polar surface area (TPSA) is 75.9 Å². The highest BCUT2D eigenvalue weighted by atomic mass is 16.1. The predicted octanol–water partition coefficient (Wildman–Crippen LogP) is 3.75. The molecule has 3 aromatic rings. The maximum Gasteiger partial charge on any atom is 0.229 e. The minimum atomic E-state index is -0.0780. The molecule has 4 rings (SSSR count). The van der Waals surface area contributed by atoms with E-state index in [-0.39, 0.29) is 11.8 Å². The van der Waals surface area contributed by atoms with Crippen molar-refractivity contribution in [2.24, 2.45) is 5.92 Å². The number of anilines is 2. The van der Waals surface area contributed by atoms with E-state index in [1.807, 2.05) is 56.6 Å². The van der Waals surface area contributed by atoms with E-state index in [0.29, 0.717) is 6.54 Å². The van der Waals surface area contributed by atoms with Crippen LogP contribution in [0.2, 0.25) is 0 Å². The molecule has 1 unspecified atom stereocenters. The summed E-state index contributed by atoms with van der Waals surface area (Å²) in [5.41, 5.74) is 5.09. The first-order chi connectivity index (χ1) is 14.4. The monoisotopic (exact) mass is 404 g/mol. The zero-order valence-electron chi connectivity index (χ0n) is 18.0. The van der Waals surface area contributed by atoms with Crippen molar-refractivity contribution in [2.75, 3.05) is 23.3 Å². The van der Waals surface area contributed by atoms with Crippen molar-refractivity contribution >= 4 is 17.4 Å². The quantitative estimate of drug-likeness (QED) is 0.717. The van der Waals surface area contributed by atoms with Gasteiger partial charge in [-0.25, -0.2) is 14.6 Å². The summed E-state index contributed by atoms with van der Waals surface area (Å²) in [6, 6.07) is 10.1. The maximum atomic E-state index is 13.0. The van der Waals surface area contributed by atoms with Gasteiger partial charge in [0.25, 0.3) is 0 Å². The van der Waals surface area contributed by atoms with Gasteiger partial charge in [0.15, 0.2) is 5.82 Å². The number of amides is 1. The average molecular weight is 405 g/mol. The zero-order valence-corrected chi connectivity index (χ0v) is 18.0. The summed E-state index contributed by atoms with van der Waals surface area (Å²) in [5, 5.41) is 7.64. The standard InChI is InChI=1S/C23H28N6O/c1-15-7-8-16(2)20(10-15)26-23(30)19-6-5-9-28(13-19)21-12-22(25-14-24-21)29-18(4)11-17(3)27-29/h7-8,10-12,14,19H,5-6,9,13H2,1-4H3,(H,26,30). The predicted molar refractivity (Wildman–Crippen MR) is 118 cm³/mol. The van der Waals surface area contributed by atoms with Crippen LogP contribution in [0.3, 0.4) is 0 Å². The molecule has 30 heavy (non-hydrogen) atoms. The molecule has 1 fully saturated rings. The molecule has 0 radical (unpaired) electrons. The molecule has 0 aliphatic carbocycles. The fraction of sp³-hybridized carbons (Fsp3) is 0.391. The normalized spacial score (nSPS) is 16.5. The number of carbonyl (C=O) groups is 1. The maximum absolute atomic E-state index is 13.0. The Labute approximate surface area is 177 Å². The van der Waals surface area contributed by atoms with Crippen molar-refractivity contribution in [1.82, 2.24) is 19.7 Å². The number of hydrogen-bond donors (Lipinski definition) is 1. The van der Waals surface area contributed by atoms with Crippen molar-refractivity contribution < 1.29 is 4.79 Å². The summed E-state index contributed by atoms with van der Waals surface area (Å²) in [7, 11) is 0. The van der Waals surface area contributed by atoms with Crippen LogP contribution in [0.1, 0.15) is 35.4 Å². The summed E-state index contributed by atoms with van der Waals surface area (Å²) < 4.78 is 1.83. The van der Waals surface area contributed by atoms with Gasteiger partial charge < -0.3 is 10.2 Å². The molecule has 1 atom stereocenters. The summed E-state index contributed by atoms with van der Waals surface area (Å²) >= 11 is 0. The Morgan fingerprint density at radius 3 is 2.63 bits per heavy atom. The molecule has 0 bridgehead atoms. The number of piperidine rings is 1. The number of benzene rings is 1. The van der Waals surface area contributed by atoms with E-state index in [1.165, 1.54) is 0 Å². The van der Waals surface area contributed by atoms with Gasteiger partial charge in [-0.05, 0) is 63.8 Å². The van der Waals surface area contributed by atoms with E-state index < -0.39 is 0 Å². The Morgan fingerprint density at radius 1 is 1.07 bits per heavy atom. The Balaban J connectivity index is 1.50. The highest BCUT2D eigenvalue weighted by Crippen LogP contribution is 2.25. The van der Waals surface area contributed by atoms with Gasteiger partial charge in [-0.15, -0.1) is 0 Å². The number of rotatable bonds is 4. The second-order valence-electron chi connectivity index (χ2n) is 8.17. The summed E-state index contributed by atoms with van der Waals surface area (Å²) in [4.78, 5) is 24.0. The van der Waals surface area contributed by atoms with E-state index in [9.17, 15) is 4.79 Å². The molecule has 3 heterocycles. The SMILES string of the molecule is Cc1ccc(C)c(NC(=O)C2CCCN(c3cc(-n4nc(C)cc4C)ncn3)C2)c1. The highest BCUT2D eigenvalue weighted by Gasteiger charge is 2.27.